The predicted molar refractivity (Wildman–Crippen MR) is 160 cm³/mol. The summed E-state index contributed by atoms with van der Waals surface area (Å²) in [5.41, 5.74) is 4.49. The molecule has 0 bridgehead atoms. The molecule has 0 spiro atoms. The second-order valence-electron chi connectivity index (χ2n) is 10.9. The number of rotatable bonds is 10. The van der Waals surface area contributed by atoms with E-state index >= 15 is 0 Å². The molecule has 4 aromatic rings. The zero-order chi connectivity index (χ0) is 30.1. The lowest BCUT2D eigenvalue weighted by molar-refractivity contribution is -0.117. The van der Waals surface area contributed by atoms with Crippen LogP contribution in [0.5, 0.6) is 5.75 Å². The summed E-state index contributed by atoms with van der Waals surface area (Å²) in [5.74, 6) is 0.248. The third kappa shape index (κ3) is 5.89. The largest absolute Gasteiger partial charge is 0.494 e. The first-order chi connectivity index (χ1) is 20.8. The molecule has 1 saturated carbocycles. The summed E-state index contributed by atoms with van der Waals surface area (Å²) < 4.78 is 7.74. The number of benzene rings is 1. The number of hydrogen-bond acceptors (Lipinski definition) is 10. The van der Waals surface area contributed by atoms with Crippen LogP contribution in [0.2, 0.25) is 0 Å². The number of para-hydroxylation sites is 1. The standard InChI is InChI=1S/C30H34N10O3/c1-17-7-5-8-20(32-17)14-39-16-25(18(39)2)40-15-24(35-38-40)21-9-6-10-22(28(21)43-4)33-23-13-26(34-29(41)19-11-12-19)36-37-27(23)30(42)31-3/h5-10,13,15,18-19,25H,11-12,14,16H2,1-4H3,(H,31,42)(H2,33,34,36,41)/t18-,25?/m0/s1. The maximum Gasteiger partial charge on any atom is 0.273 e. The summed E-state index contributed by atoms with van der Waals surface area (Å²) in [4.78, 5) is 31.9. The van der Waals surface area contributed by atoms with Crippen molar-refractivity contribution in [3.63, 3.8) is 0 Å². The fourth-order valence-corrected chi connectivity index (χ4v) is 5.25. The fraction of sp³-hybridized carbons (Fsp3) is 0.367. The number of anilines is 3. The lowest BCUT2D eigenvalue weighted by atomic mass is 9.98. The first-order valence-electron chi connectivity index (χ1n) is 14.3. The van der Waals surface area contributed by atoms with Crippen molar-refractivity contribution in [2.45, 2.75) is 45.3 Å². The van der Waals surface area contributed by atoms with E-state index in [9.17, 15) is 9.59 Å². The molecule has 0 radical (unpaired) electrons. The highest BCUT2D eigenvalue weighted by atomic mass is 16.5. The number of amides is 2. The van der Waals surface area contributed by atoms with Gasteiger partial charge in [0.15, 0.2) is 17.3 Å². The minimum absolute atomic E-state index is 0.00171. The maximum absolute atomic E-state index is 12.6. The first-order valence-corrected chi connectivity index (χ1v) is 14.3. The predicted octanol–water partition coefficient (Wildman–Crippen LogP) is 3.34. The lowest BCUT2D eigenvalue weighted by Gasteiger charge is -2.45. The van der Waals surface area contributed by atoms with Gasteiger partial charge in [-0.15, -0.1) is 15.3 Å². The third-order valence-corrected chi connectivity index (χ3v) is 7.92. The average Bonchev–Trinajstić information content (AvgIpc) is 3.76. The van der Waals surface area contributed by atoms with Gasteiger partial charge < -0.3 is 20.7 Å². The molecule has 1 aliphatic heterocycles. The number of likely N-dealkylation sites (tertiary alicyclic amines) is 1. The molecule has 13 heteroatoms. The van der Waals surface area contributed by atoms with Gasteiger partial charge in [-0.05, 0) is 51.0 Å². The number of ether oxygens (including phenoxy) is 1. The van der Waals surface area contributed by atoms with Gasteiger partial charge in [-0.2, -0.15) is 0 Å². The molecule has 2 fully saturated rings. The molecule has 222 valence electrons. The Labute approximate surface area is 249 Å². The Bertz CT molecular complexity index is 1670. The SMILES string of the molecule is CNC(=O)c1nnc(NC(=O)C2CC2)cc1Nc1cccc(-c2cn(C3CN(Cc4cccc(C)n4)[C@H]3C)nn2)c1OC. The number of methoxy groups -OCH3 is 1. The van der Waals surface area contributed by atoms with Gasteiger partial charge >= 0.3 is 0 Å². The van der Waals surface area contributed by atoms with E-state index in [0.717, 1.165) is 42.9 Å². The summed E-state index contributed by atoms with van der Waals surface area (Å²) in [6.07, 6.45) is 3.65. The van der Waals surface area contributed by atoms with Gasteiger partial charge in [0.1, 0.15) is 5.69 Å². The van der Waals surface area contributed by atoms with Crippen molar-refractivity contribution in [3.05, 3.63) is 65.7 Å². The van der Waals surface area contributed by atoms with Gasteiger partial charge in [0.05, 0.1) is 36.4 Å². The van der Waals surface area contributed by atoms with Crippen LogP contribution in [0.15, 0.2) is 48.7 Å². The van der Waals surface area contributed by atoms with Crippen molar-refractivity contribution >= 4 is 29.0 Å². The van der Waals surface area contributed by atoms with E-state index in [0.29, 0.717) is 22.8 Å². The molecule has 2 amide bonds. The van der Waals surface area contributed by atoms with Crippen molar-refractivity contribution in [1.29, 1.82) is 0 Å². The quantitative estimate of drug-likeness (QED) is 0.254. The van der Waals surface area contributed by atoms with Crippen LogP contribution in [0.3, 0.4) is 0 Å². The number of nitrogens with one attached hydrogen (secondary N) is 3. The van der Waals surface area contributed by atoms with Gasteiger partial charge in [-0.1, -0.05) is 17.3 Å². The van der Waals surface area contributed by atoms with E-state index in [2.05, 4.69) is 59.3 Å². The Morgan fingerprint density at radius 1 is 1.07 bits per heavy atom. The Hall–Kier alpha value is -4.91. The minimum atomic E-state index is -0.421. The molecule has 3 N–H and O–H groups in total. The summed E-state index contributed by atoms with van der Waals surface area (Å²) in [6.45, 7) is 5.82. The number of aryl methyl sites for hydroxylation is 1. The summed E-state index contributed by atoms with van der Waals surface area (Å²) in [6, 6.07) is 13.7. The zero-order valence-electron chi connectivity index (χ0n) is 24.5. The van der Waals surface area contributed by atoms with E-state index < -0.39 is 5.91 Å². The molecule has 2 aliphatic rings. The minimum Gasteiger partial charge on any atom is -0.494 e. The average molecular weight is 583 g/mol. The van der Waals surface area contributed by atoms with Crippen LogP contribution in [0.1, 0.15) is 47.7 Å². The second kappa shape index (κ2) is 11.8. The molecule has 1 unspecified atom stereocenters. The van der Waals surface area contributed by atoms with E-state index in [1.807, 2.05) is 48.1 Å². The van der Waals surface area contributed by atoms with E-state index in [1.54, 1.807) is 13.2 Å². The molecule has 6 rings (SSSR count). The van der Waals surface area contributed by atoms with Gasteiger partial charge in [0.2, 0.25) is 5.91 Å². The zero-order valence-corrected chi connectivity index (χ0v) is 24.5. The van der Waals surface area contributed by atoms with E-state index in [1.165, 1.54) is 7.05 Å². The second-order valence-corrected chi connectivity index (χ2v) is 10.9. The molecule has 4 heterocycles. The third-order valence-electron chi connectivity index (χ3n) is 7.92. The smallest absolute Gasteiger partial charge is 0.273 e. The van der Waals surface area contributed by atoms with Gasteiger partial charge in [0, 0.05) is 49.4 Å². The van der Waals surface area contributed by atoms with Crippen LogP contribution >= 0.6 is 0 Å². The number of nitrogens with zero attached hydrogens (tertiary/aromatic N) is 7. The highest BCUT2D eigenvalue weighted by Crippen LogP contribution is 2.39. The molecule has 1 aliphatic carbocycles. The van der Waals surface area contributed by atoms with Crippen molar-refractivity contribution in [3.8, 4) is 17.0 Å². The van der Waals surface area contributed by atoms with Crippen LogP contribution in [0.25, 0.3) is 11.3 Å². The number of carbonyl (C=O) groups is 2. The summed E-state index contributed by atoms with van der Waals surface area (Å²) >= 11 is 0. The van der Waals surface area contributed by atoms with Crippen LogP contribution in [0.4, 0.5) is 17.2 Å². The number of pyridine rings is 1. The van der Waals surface area contributed by atoms with Crippen molar-refractivity contribution in [2.24, 2.45) is 5.92 Å². The topological polar surface area (TPSA) is 152 Å². The Kier molecular flexibility index (Phi) is 7.72. The number of carbonyl (C=O) groups excluding carboxylic acids is 2. The van der Waals surface area contributed by atoms with Crippen LogP contribution in [-0.2, 0) is 11.3 Å². The Morgan fingerprint density at radius 3 is 2.60 bits per heavy atom. The molecule has 1 aromatic carbocycles. The van der Waals surface area contributed by atoms with Gasteiger partial charge in [-0.25, -0.2) is 4.68 Å². The Morgan fingerprint density at radius 2 is 1.88 bits per heavy atom. The molecule has 13 nitrogen and oxygen atoms in total. The number of hydrogen-bond donors (Lipinski definition) is 3. The molecule has 1 saturated heterocycles. The number of aromatic nitrogens is 6. The molecule has 43 heavy (non-hydrogen) atoms. The van der Waals surface area contributed by atoms with Gasteiger partial charge in [-0.3, -0.25) is 19.5 Å². The van der Waals surface area contributed by atoms with E-state index in [4.69, 9.17) is 4.74 Å². The monoisotopic (exact) mass is 582 g/mol. The highest BCUT2D eigenvalue weighted by molar-refractivity contribution is 6.00. The Balaban J connectivity index is 1.22. The lowest BCUT2D eigenvalue weighted by Crippen LogP contribution is -2.54. The van der Waals surface area contributed by atoms with Crippen molar-refractivity contribution in [2.75, 3.05) is 31.3 Å². The van der Waals surface area contributed by atoms with Crippen LogP contribution < -0.4 is 20.7 Å². The molecular formula is C30H34N10O3. The van der Waals surface area contributed by atoms with Crippen LogP contribution in [-0.4, -0.2) is 73.6 Å². The fourth-order valence-electron chi connectivity index (χ4n) is 5.25. The maximum atomic E-state index is 12.6. The highest BCUT2D eigenvalue weighted by Gasteiger charge is 2.38. The molecule has 3 aromatic heterocycles. The van der Waals surface area contributed by atoms with Crippen LogP contribution in [0, 0.1) is 12.8 Å². The normalized spacial score (nSPS) is 18.0. The first kappa shape index (κ1) is 28.2. The molecular weight excluding hydrogens is 548 g/mol. The summed E-state index contributed by atoms with van der Waals surface area (Å²) in [7, 11) is 3.09. The van der Waals surface area contributed by atoms with E-state index in [-0.39, 0.29) is 35.4 Å². The molecule has 2 atom stereocenters. The van der Waals surface area contributed by atoms with Crippen molar-refractivity contribution in [1.82, 2.24) is 40.4 Å². The van der Waals surface area contributed by atoms with Crippen molar-refractivity contribution < 1.29 is 14.3 Å². The summed E-state index contributed by atoms with van der Waals surface area (Å²) in [5, 5.41) is 25.7. The van der Waals surface area contributed by atoms with Gasteiger partial charge in [0.25, 0.3) is 5.91 Å².